The van der Waals surface area contributed by atoms with E-state index >= 15 is 0 Å². The van der Waals surface area contributed by atoms with Crippen LogP contribution in [-0.4, -0.2) is 23.8 Å². The number of hydrogen-bond donors (Lipinski definition) is 2. The Bertz CT molecular complexity index is 345. The molecule has 0 aliphatic heterocycles. The molecule has 1 aromatic heterocycles. The normalized spacial score (nSPS) is 11.7. The van der Waals surface area contributed by atoms with Gasteiger partial charge in [-0.3, -0.25) is 0 Å². The van der Waals surface area contributed by atoms with E-state index in [1.807, 2.05) is 0 Å². The second kappa shape index (κ2) is 4.35. The van der Waals surface area contributed by atoms with Crippen molar-refractivity contribution in [3.8, 4) is 0 Å². The van der Waals surface area contributed by atoms with E-state index in [1.54, 1.807) is 0 Å². The van der Waals surface area contributed by atoms with Gasteiger partial charge in [-0.15, -0.1) is 0 Å². The fourth-order valence-corrected chi connectivity index (χ4v) is 0.913. The molecular formula is C8H8F3NO3. The number of rotatable bonds is 4. The maximum atomic E-state index is 11.7. The molecule has 0 fully saturated rings. The van der Waals surface area contributed by atoms with Crippen molar-refractivity contribution in [3.63, 3.8) is 0 Å². The van der Waals surface area contributed by atoms with Crippen LogP contribution in [0.3, 0.4) is 0 Å². The molecule has 0 aliphatic rings. The second-order valence-electron chi connectivity index (χ2n) is 2.83. The molecule has 0 aliphatic carbocycles. The summed E-state index contributed by atoms with van der Waals surface area (Å²) in [7, 11) is 0. The SMILES string of the molecule is O=C(O)c1coc(CNCC(F)(F)F)c1. The molecule has 15 heavy (non-hydrogen) atoms. The molecule has 0 amide bonds. The lowest BCUT2D eigenvalue weighted by Gasteiger charge is -2.05. The van der Waals surface area contributed by atoms with Crippen LogP contribution in [0.2, 0.25) is 0 Å². The van der Waals surface area contributed by atoms with Gasteiger partial charge in [0.1, 0.15) is 12.0 Å². The highest BCUT2D eigenvalue weighted by Crippen LogP contribution is 2.13. The summed E-state index contributed by atoms with van der Waals surface area (Å²) in [6.07, 6.45) is -3.31. The molecule has 7 heteroatoms. The van der Waals surface area contributed by atoms with Crippen LogP contribution in [0.4, 0.5) is 13.2 Å². The highest BCUT2D eigenvalue weighted by molar-refractivity contribution is 5.87. The number of aromatic carboxylic acids is 1. The summed E-state index contributed by atoms with van der Waals surface area (Å²) < 4.78 is 39.8. The largest absolute Gasteiger partial charge is 0.478 e. The monoisotopic (exact) mass is 223 g/mol. The van der Waals surface area contributed by atoms with Gasteiger partial charge in [0.15, 0.2) is 0 Å². The molecular weight excluding hydrogens is 215 g/mol. The third-order valence-corrected chi connectivity index (χ3v) is 1.53. The lowest BCUT2D eigenvalue weighted by molar-refractivity contribution is -0.125. The van der Waals surface area contributed by atoms with Gasteiger partial charge in [-0.2, -0.15) is 13.2 Å². The van der Waals surface area contributed by atoms with E-state index in [0.29, 0.717) is 0 Å². The summed E-state index contributed by atoms with van der Waals surface area (Å²) in [6.45, 7) is -1.30. The fraction of sp³-hybridized carbons (Fsp3) is 0.375. The number of carbonyl (C=O) groups is 1. The molecule has 1 rings (SSSR count). The van der Waals surface area contributed by atoms with E-state index in [1.165, 1.54) is 6.07 Å². The second-order valence-corrected chi connectivity index (χ2v) is 2.83. The first-order valence-electron chi connectivity index (χ1n) is 3.96. The van der Waals surface area contributed by atoms with Gasteiger partial charge in [0.05, 0.1) is 18.7 Å². The molecule has 1 heterocycles. The molecule has 0 bridgehead atoms. The third-order valence-electron chi connectivity index (χ3n) is 1.53. The van der Waals surface area contributed by atoms with Gasteiger partial charge in [-0.25, -0.2) is 4.79 Å². The highest BCUT2D eigenvalue weighted by Gasteiger charge is 2.26. The molecule has 0 radical (unpaired) electrons. The predicted molar refractivity (Wildman–Crippen MR) is 43.4 cm³/mol. The maximum absolute atomic E-state index is 11.7. The standard InChI is InChI=1S/C8H8F3NO3/c9-8(10,11)4-12-2-6-1-5(3-15-6)7(13)14/h1,3,12H,2,4H2,(H,13,14). The predicted octanol–water partition coefficient (Wildman–Crippen LogP) is 1.63. The molecule has 1 aromatic rings. The van der Waals surface area contributed by atoms with Gasteiger partial charge in [0, 0.05) is 0 Å². The molecule has 4 nitrogen and oxygen atoms in total. The van der Waals surface area contributed by atoms with E-state index in [2.05, 4.69) is 5.32 Å². The first-order valence-corrected chi connectivity index (χ1v) is 3.96. The number of hydrogen-bond acceptors (Lipinski definition) is 3. The number of halogens is 3. The molecule has 0 unspecified atom stereocenters. The van der Waals surface area contributed by atoms with Crippen molar-refractivity contribution in [2.24, 2.45) is 0 Å². The van der Waals surface area contributed by atoms with Gasteiger partial charge in [-0.1, -0.05) is 0 Å². The van der Waals surface area contributed by atoms with Gasteiger partial charge >= 0.3 is 12.1 Å². The number of carboxylic acids is 1. The van der Waals surface area contributed by atoms with E-state index < -0.39 is 18.7 Å². The molecule has 0 spiro atoms. The smallest absolute Gasteiger partial charge is 0.401 e. The Morgan fingerprint density at radius 1 is 1.53 bits per heavy atom. The summed E-state index contributed by atoms with van der Waals surface area (Å²) in [5.41, 5.74) is -0.0844. The van der Waals surface area contributed by atoms with Crippen LogP contribution in [0.1, 0.15) is 16.1 Å². The average Bonchev–Trinajstić information content (AvgIpc) is 2.50. The van der Waals surface area contributed by atoms with E-state index in [-0.39, 0.29) is 17.9 Å². The van der Waals surface area contributed by atoms with Crippen LogP contribution in [0.5, 0.6) is 0 Å². The van der Waals surface area contributed by atoms with Crippen LogP contribution in [0.25, 0.3) is 0 Å². The summed E-state index contributed by atoms with van der Waals surface area (Å²) in [5, 5.41) is 10.6. The Kier molecular flexibility index (Phi) is 3.35. The summed E-state index contributed by atoms with van der Waals surface area (Å²) >= 11 is 0. The third kappa shape index (κ3) is 4.03. The van der Waals surface area contributed by atoms with Crippen LogP contribution in [-0.2, 0) is 6.54 Å². The summed E-state index contributed by atoms with van der Waals surface area (Å²) in [5.74, 6) is -1.03. The quantitative estimate of drug-likeness (QED) is 0.814. The van der Waals surface area contributed by atoms with Crippen LogP contribution < -0.4 is 5.32 Å². The Morgan fingerprint density at radius 3 is 2.67 bits per heavy atom. The molecule has 2 N–H and O–H groups in total. The number of nitrogens with one attached hydrogen (secondary N) is 1. The minimum absolute atomic E-state index is 0.0844. The molecule has 0 saturated carbocycles. The lowest BCUT2D eigenvalue weighted by atomic mass is 10.3. The topological polar surface area (TPSA) is 62.5 Å². The zero-order chi connectivity index (χ0) is 11.5. The Morgan fingerprint density at radius 2 is 2.20 bits per heavy atom. The first-order chi connectivity index (χ1) is 6.88. The van der Waals surface area contributed by atoms with E-state index in [4.69, 9.17) is 9.52 Å². The van der Waals surface area contributed by atoms with E-state index in [0.717, 1.165) is 6.26 Å². The minimum Gasteiger partial charge on any atom is -0.478 e. The number of alkyl halides is 3. The molecule has 84 valence electrons. The maximum Gasteiger partial charge on any atom is 0.401 e. The van der Waals surface area contributed by atoms with Crippen molar-refractivity contribution in [2.45, 2.75) is 12.7 Å². The van der Waals surface area contributed by atoms with Crippen molar-refractivity contribution < 1.29 is 27.5 Å². The fourth-order valence-electron chi connectivity index (χ4n) is 0.913. The van der Waals surface area contributed by atoms with Crippen molar-refractivity contribution in [1.82, 2.24) is 5.32 Å². The van der Waals surface area contributed by atoms with Crippen LogP contribution in [0, 0.1) is 0 Å². The molecule has 0 aromatic carbocycles. The zero-order valence-electron chi connectivity index (χ0n) is 7.47. The van der Waals surface area contributed by atoms with Crippen LogP contribution >= 0.6 is 0 Å². The number of carboxylic acid groups (broad SMARTS) is 1. The summed E-state index contributed by atoms with van der Waals surface area (Å²) in [4.78, 5) is 10.4. The Labute approximate surface area is 82.7 Å². The lowest BCUT2D eigenvalue weighted by Crippen LogP contribution is -2.28. The molecule has 0 saturated heterocycles. The van der Waals surface area contributed by atoms with Gasteiger partial charge in [0.25, 0.3) is 0 Å². The van der Waals surface area contributed by atoms with E-state index in [9.17, 15) is 18.0 Å². The highest BCUT2D eigenvalue weighted by atomic mass is 19.4. The zero-order valence-corrected chi connectivity index (χ0v) is 7.47. The van der Waals surface area contributed by atoms with Crippen molar-refractivity contribution >= 4 is 5.97 Å². The molecule has 0 atom stereocenters. The van der Waals surface area contributed by atoms with Gasteiger partial charge < -0.3 is 14.8 Å². The van der Waals surface area contributed by atoms with Crippen molar-refractivity contribution in [3.05, 3.63) is 23.7 Å². The average molecular weight is 223 g/mol. The Hall–Kier alpha value is -1.50. The summed E-state index contributed by atoms with van der Waals surface area (Å²) in [6, 6.07) is 1.17. The number of furan rings is 1. The minimum atomic E-state index is -4.29. The van der Waals surface area contributed by atoms with Crippen molar-refractivity contribution in [1.29, 1.82) is 0 Å². The van der Waals surface area contributed by atoms with Crippen LogP contribution in [0.15, 0.2) is 16.7 Å². The van der Waals surface area contributed by atoms with Gasteiger partial charge in [0.2, 0.25) is 0 Å². The first kappa shape index (κ1) is 11.6. The Balaban J connectivity index is 2.41. The van der Waals surface area contributed by atoms with Gasteiger partial charge in [-0.05, 0) is 6.07 Å². The van der Waals surface area contributed by atoms with Crippen molar-refractivity contribution in [2.75, 3.05) is 6.54 Å².